The molecule has 1 aliphatic heterocycles. The van der Waals surface area contributed by atoms with Gasteiger partial charge in [0.2, 0.25) is 11.0 Å². The maximum Gasteiger partial charge on any atom is 0.231 e. The van der Waals surface area contributed by atoms with Gasteiger partial charge in [0, 0.05) is 17.3 Å². The molecule has 1 amide bonds. The molecule has 0 unspecified atom stereocenters. The second-order valence-corrected chi connectivity index (χ2v) is 8.22. The molecule has 6 nitrogen and oxygen atoms in total. The van der Waals surface area contributed by atoms with Crippen molar-refractivity contribution in [1.82, 2.24) is 10.2 Å². The highest BCUT2D eigenvalue weighted by Crippen LogP contribution is 2.34. The van der Waals surface area contributed by atoms with Crippen LogP contribution in [-0.2, 0) is 4.79 Å². The third-order valence-corrected chi connectivity index (χ3v) is 6.12. The van der Waals surface area contributed by atoms with Crippen molar-refractivity contribution in [3.05, 3.63) is 29.3 Å². The Bertz CT molecular complexity index is 816. The van der Waals surface area contributed by atoms with E-state index in [1.54, 1.807) is 12.1 Å². The van der Waals surface area contributed by atoms with Crippen LogP contribution in [-0.4, -0.2) is 33.7 Å². The molecule has 0 saturated heterocycles. The molecule has 24 heavy (non-hydrogen) atoms. The number of aromatic nitrogens is 2. The van der Waals surface area contributed by atoms with Crippen molar-refractivity contribution in [1.29, 1.82) is 0 Å². The largest absolute Gasteiger partial charge is 0.357 e. The number of amides is 1. The second-order valence-electron chi connectivity index (χ2n) is 6.02. The Labute approximate surface area is 147 Å². The molecule has 2 heterocycles. The molecule has 1 saturated carbocycles. The van der Waals surface area contributed by atoms with Crippen LogP contribution in [0.3, 0.4) is 0 Å². The van der Waals surface area contributed by atoms with E-state index >= 15 is 0 Å². The first kappa shape index (κ1) is 15.6. The van der Waals surface area contributed by atoms with Crippen molar-refractivity contribution in [2.45, 2.75) is 36.1 Å². The van der Waals surface area contributed by atoms with E-state index in [2.05, 4.69) is 20.8 Å². The first-order valence-corrected chi connectivity index (χ1v) is 9.61. The Hall–Kier alpha value is -1.93. The summed E-state index contributed by atoms with van der Waals surface area (Å²) in [6.07, 6.45) is 2.38. The highest BCUT2D eigenvalue weighted by molar-refractivity contribution is 8.01. The highest BCUT2D eigenvalue weighted by Gasteiger charge is 2.27. The number of thioether (sulfide) groups is 1. The number of benzene rings is 1. The molecular formula is C16H16N4O2S2. The Kier molecular flexibility index (Phi) is 4.01. The molecule has 1 atom stereocenters. The molecular weight excluding hydrogens is 344 g/mol. The zero-order chi connectivity index (χ0) is 16.7. The van der Waals surface area contributed by atoms with E-state index < -0.39 is 0 Å². The molecule has 4 rings (SSSR count). The first-order valence-electron chi connectivity index (χ1n) is 7.81. The monoisotopic (exact) mass is 360 g/mol. The average molecular weight is 360 g/mol. The molecule has 2 aromatic rings. The Morgan fingerprint density at radius 1 is 1.42 bits per heavy atom. The smallest absolute Gasteiger partial charge is 0.231 e. The number of fused-ring (bicyclic) bond motifs is 1. The van der Waals surface area contributed by atoms with Gasteiger partial charge < -0.3 is 10.6 Å². The SMILES string of the molecule is C[C@@H]1C(=O)Nc2ccc(C(=O)CSc3nnc(NC4CC4)s3)cc21. The molecule has 124 valence electrons. The van der Waals surface area contributed by atoms with Gasteiger partial charge in [0.25, 0.3) is 0 Å². The number of rotatable bonds is 6. The minimum Gasteiger partial charge on any atom is -0.357 e. The van der Waals surface area contributed by atoms with Gasteiger partial charge in [-0.2, -0.15) is 0 Å². The van der Waals surface area contributed by atoms with Crippen molar-refractivity contribution in [3.8, 4) is 0 Å². The van der Waals surface area contributed by atoms with Crippen LogP contribution in [0.4, 0.5) is 10.8 Å². The van der Waals surface area contributed by atoms with Crippen LogP contribution in [0.1, 0.15) is 41.6 Å². The summed E-state index contributed by atoms with van der Waals surface area (Å²) < 4.78 is 0.790. The number of anilines is 2. The first-order chi connectivity index (χ1) is 11.6. The fraction of sp³-hybridized carbons (Fsp3) is 0.375. The molecule has 2 aliphatic rings. The lowest BCUT2D eigenvalue weighted by Gasteiger charge is -2.04. The van der Waals surface area contributed by atoms with Crippen LogP contribution < -0.4 is 10.6 Å². The summed E-state index contributed by atoms with van der Waals surface area (Å²) in [6, 6.07) is 5.93. The van der Waals surface area contributed by atoms with Crippen molar-refractivity contribution >= 4 is 45.6 Å². The third kappa shape index (κ3) is 3.16. The van der Waals surface area contributed by atoms with E-state index in [0.717, 1.165) is 20.7 Å². The van der Waals surface area contributed by atoms with Crippen LogP contribution in [0, 0.1) is 0 Å². The van der Waals surface area contributed by atoms with Crippen LogP contribution in [0.15, 0.2) is 22.5 Å². The fourth-order valence-electron chi connectivity index (χ4n) is 2.53. The number of ketones is 1. The summed E-state index contributed by atoms with van der Waals surface area (Å²) in [5.74, 6) is 0.112. The maximum absolute atomic E-state index is 12.4. The number of hydrogen-bond donors (Lipinski definition) is 2. The van der Waals surface area contributed by atoms with Gasteiger partial charge in [-0.25, -0.2) is 0 Å². The van der Waals surface area contributed by atoms with E-state index in [1.165, 1.54) is 35.9 Å². The van der Waals surface area contributed by atoms with Gasteiger partial charge in [-0.3, -0.25) is 9.59 Å². The quantitative estimate of drug-likeness (QED) is 0.608. The second kappa shape index (κ2) is 6.18. The molecule has 0 radical (unpaired) electrons. The topological polar surface area (TPSA) is 84.0 Å². The minimum absolute atomic E-state index is 0.0199. The van der Waals surface area contributed by atoms with Gasteiger partial charge in [0.15, 0.2) is 10.1 Å². The van der Waals surface area contributed by atoms with Crippen LogP contribution in [0.25, 0.3) is 0 Å². The number of nitrogens with zero attached hydrogens (tertiary/aromatic N) is 2. The van der Waals surface area contributed by atoms with E-state index in [1.807, 2.05) is 13.0 Å². The lowest BCUT2D eigenvalue weighted by Crippen LogP contribution is -2.08. The van der Waals surface area contributed by atoms with E-state index in [0.29, 0.717) is 17.4 Å². The summed E-state index contributed by atoms with van der Waals surface area (Å²) in [6.45, 7) is 1.85. The number of hydrogen-bond acceptors (Lipinski definition) is 7. The number of Topliss-reactive ketones (excluding diaryl/α,β-unsaturated/α-hetero) is 1. The number of carbonyl (C=O) groups excluding carboxylic acids is 2. The number of nitrogens with one attached hydrogen (secondary N) is 2. The van der Waals surface area contributed by atoms with Crippen molar-refractivity contribution in [2.24, 2.45) is 0 Å². The minimum atomic E-state index is -0.209. The molecule has 8 heteroatoms. The molecule has 0 spiro atoms. The molecule has 1 aromatic heterocycles. The van der Waals surface area contributed by atoms with Gasteiger partial charge in [-0.05, 0) is 43.5 Å². The standard InChI is InChI=1S/C16H16N4O2S2/c1-8-11-6-9(2-5-12(11)18-14(8)22)13(21)7-23-16-20-19-15(24-16)17-10-3-4-10/h2,5-6,8,10H,3-4,7H2,1H3,(H,17,19)(H,18,22)/t8-/m0/s1. The Morgan fingerprint density at radius 3 is 3.04 bits per heavy atom. The van der Waals surface area contributed by atoms with Crippen LogP contribution in [0.2, 0.25) is 0 Å². The molecule has 1 aromatic carbocycles. The van der Waals surface area contributed by atoms with Crippen LogP contribution in [0.5, 0.6) is 0 Å². The normalized spacial score (nSPS) is 19.0. The number of carbonyl (C=O) groups is 2. The summed E-state index contributed by atoms with van der Waals surface area (Å²) in [7, 11) is 0. The maximum atomic E-state index is 12.4. The van der Waals surface area contributed by atoms with Crippen molar-refractivity contribution < 1.29 is 9.59 Å². The van der Waals surface area contributed by atoms with Gasteiger partial charge >= 0.3 is 0 Å². The van der Waals surface area contributed by atoms with E-state index in [-0.39, 0.29) is 17.6 Å². The van der Waals surface area contributed by atoms with Crippen molar-refractivity contribution in [2.75, 3.05) is 16.4 Å². The Balaban J connectivity index is 1.39. The van der Waals surface area contributed by atoms with Gasteiger partial charge in [-0.15, -0.1) is 10.2 Å². The highest BCUT2D eigenvalue weighted by atomic mass is 32.2. The average Bonchev–Trinajstić information content (AvgIpc) is 3.20. The molecule has 1 fully saturated rings. The summed E-state index contributed by atoms with van der Waals surface area (Å²) >= 11 is 2.88. The van der Waals surface area contributed by atoms with Gasteiger partial charge in [0.05, 0.1) is 11.7 Å². The molecule has 0 bridgehead atoms. The predicted molar refractivity (Wildman–Crippen MR) is 95.1 cm³/mol. The predicted octanol–water partition coefficient (Wildman–Crippen LogP) is 3.14. The summed E-state index contributed by atoms with van der Waals surface area (Å²) in [5.41, 5.74) is 2.32. The Morgan fingerprint density at radius 2 is 2.25 bits per heavy atom. The van der Waals surface area contributed by atoms with Crippen LogP contribution >= 0.6 is 23.1 Å². The fourth-order valence-corrected chi connectivity index (χ4v) is 4.25. The lowest BCUT2D eigenvalue weighted by molar-refractivity contribution is -0.116. The van der Waals surface area contributed by atoms with Gasteiger partial charge in [0.1, 0.15) is 0 Å². The van der Waals surface area contributed by atoms with E-state index in [9.17, 15) is 9.59 Å². The molecule has 1 aliphatic carbocycles. The van der Waals surface area contributed by atoms with Crippen molar-refractivity contribution in [3.63, 3.8) is 0 Å². The summed E-state index contributed by atoms with van der Waals surface area (Å²) in [4.78, 5) is 24.1. The zero-order valence-corrected chi connectivity index (χ0v) is 14.7. The third-order valence-electron chi connectivity index (χ3n) is 4.13. The molecule has 2 N–H and O–H groups in total. The van der Waals surface area contributed by atoms with Gasteiger partial charge in [-0.1, -0.05) is 23.1 Å². The lowest BCUT2D eigenvalue weighted by atomic mass is 9.99. The summed E-state index contributed by atoms with van der Waals surface area (Å²) in [5, 5.41) is 15.1. The van der Waals surface area contributed by atoms with E-state index in [4.69, 9.17) is 0 Å². The zero-order valence-electron chi connectivity index (χ0n) is 13.0.